The normalized spacial score (nSPS) is 11.2. The number of hydrogen-bond donors (Lipinski definition) is 0. The number of benzene rings is 3. The van der Waals surface area contributed by atoms with E-state index >= 15 is 0 Å². The smallest absolute Gasteiger partial charge is 0.282 e. The van der Waals surface area contributed by atoms with E-state index in [0.717, 1.165) is 22.9 Å². The van der Waals surface area contributed by atoms with Crippen molar-refractivity contribution in [2.75, 3.05) is 0 Å². The molecule has 0 fully saturated rings. The van der Waals surface area contributed by atoms with Crippen LogP contribution in [0.4, 0.5) is 0 Å². The van der Waals surface area contributed by atoms with Crippen LogP contribution in [-0.4, -0.2) is 15.9 Å². The van der Waals surface area contributed by atoms with Gasteiger partial charge < -0.3 is 4.74 Å². The largest absolute Gasteiger partial charge is 0.486 e. The molecule has 0 aliphatic heterocycles. The Hall–Kier alpha value is -2.99. The molecule has 1 aromatic heterocycles. The maximum Gasteiger partial charge on any atom is 0.282 e. The van der Waals surface area contributed by atoms with Crippen LogP contribution in [0.5, 0.6) is 5.75 Å². The number of nitriles is 1. The minimum absolute atomic E-state index is 0.198. The molecule has 6 nitrogen and oxygen atoms in total. The van der Waals surface area contributed by atoms with Gasteiger partial charge in [0, 0.05) is 16.5 Å². The van der Waals surface area contributed by atoms with E-state index < -0.39 is 0 Å². The Balaban J connectivity index is 1.65. The fourth-order valence-electron chi connectivity index (χ4n) is 3.63. The van der Waals surface area contributed by atoms with Gasteiger partial charge in [-0.05, 0) is 64.3 Å². The average Bonchev–Trinajstić information content (AvgIpc) is 2.87. The molecule has 9 heteroatoms. The molecule has 0 bridgehead atoms. The zero-order valence-electron chi connectivity index (χ0n) is 19.3. The number of aromatic nitrogens is 2. The minimum Gasteiger partial charge on any atom is -0.486 e. The van der Waals surface area contributed by atoms with Crippen molar-refractivity contribution in [3.63, 3.8) is 0 Å². The van der Waals surface area contributed by atoms with Crippen molar-refractivity contribution in [1.82, 2.24) is 9.66 Å². The summed E-state index contributed by atoms with van der Waals surface area (Å²) in [5.74, 6) is 1.06. The number of ether oxygens (including phenoxy) is 1. The van der Waals surface area contributed by atoms with Gasteiger partial charge in [0.05, 0.1) is 38.2 Å². The molecule has 182 valence electrons. The SMILES string of the molecule is CCCCc1nc2ccc(Br)cc2c(=O)n1N=Cc1cc(Cl)c(OCc2ccccc2C#N)c(Br)c1. The second-order valence-electron chi connectivity index (χ2n) is 8.03. The van der Waals surface area contributed by atoms with E-state index in [1.165, 1.54) is 4.68 Å². The van der Waals surface area contributed by atoms with Crippen LogP contribution in [-0.2, 0) is 13.0 Å². The van der Waals surface area contributed by atoms with Crippen molar-refractivity contribution < 1.29 is 4.74 Å². The topological polar surface area (TPSA) is 80.3 Å². The van der Waals surface area contributed by atoms with Crippen LogP contribution in [0.1, 0.15) is 42.3 Å². The van der Waals surface area contributed by atoms with E-state index in [2.05, 4.69) is 50.0 Å². The molecule has 0 N–H and O–H groups in total. The fraction of sp³-hybridized carbons (Fsp3) is 0.185. The number of hydrogen-bond acceptors (Lipinski definition) is 5. The number of rotatable bonds is 8. The highest BCUT2D eigenvalue weighted by atomic mass is 79.9. The Morgan fingerprint density at radius 3 is 2.75 bits per heavy atom. The van der Waals surface area contributed by atoms with Gasteiger partial charge in [-0.15, -0.1) is 0 Å². The molecule has 0 saturated carbocycles. The summed E-state index contributed by atoms with van der Waals surface area (Å²) in [6.45, 7) is 2.29. The maximum atomic E-state index is 13.3. The van der Waals surface area contributed by atoms with Gasteiger partial charge in [-0.1, -0.05) is 59.1 Å². The summed E-state index contributed by atoms with van der Waals surface area (Å²) in [5, 5.41) is 14.6. The Morgan fingerprint density at radius 1 is 1.19 bits per heavy atom. The first kappa shape index (κ1) is 26.1. The van der Waals surface area contributed by atoms with Crippen LogP contribution in [0.2, 0.25) is 5.02 Å². The molecule has 0 radical (unpaired) electrons. The lowest BCUT2D eigenvalue weighted by Gasteiger charge is -2.12. The highest BCUT2D eigenvalue weighted by Crippen LogP contribution is 2.35. The lowest BCUT2D eigenvalue weighted by molar-refractivity contribution is 0.304. The van der Waals surface area contributed by atoms with Gasteiger partial charge in [0.25, 0.3) is 5.56 Å². The molecule has 36 heavy (non-hydrogen) atoms. The first-order valence-corrected chi connectivity index (χ1v) is 13.2. The third-order valence-electron chi connectivity index (χ3n) is 5.48. The molecule has 0 unspecified atom stereocenters. The van der Waals surface area contributed by atoms with Crippen LogP contribution in [0.15, 0.2) is 73.4 Å². The Morgan fingerprint density at radius 2 is 2.00 bits per heavy atom. The predicted octanol–water partition coefficient (Wildman–Crippen LogP) is 7.25. The van der Waals surface area contributed by atoms with Crippen molar-refractivity contribution in [2.24, 2.45) is 5.10 Å². The molecule has 0 atom stereocenters. The lowest BCUT2D eigenvalue weighted by Crippen LogP contribution is -2.22. The van der Waals surface area contributed by atoms with Gasteiger partial charge in [0.15, 0.2) is 5.75 Å². The fourth-order valence-corrected chi connectivity index (χ4v) is 4.98. The lowest BCUT2D eigenvalue weighted by atomic mass is 10.1. The number of fused-ring (bicyclic) bond motifs is 1. The van der Waals surface area contributed by atoms with Gasteiger partial charge in [-0.2, -0.15) is 15.0 Å². The van der Waals surface area contributed by atoms with E-state index in [9.17, 15) is 10.1 Å². The minimum atomic E-state index is -0.232. The third kappa shape index (κ3) is 5.86. The summed E-state index contributed by atoms with van der Waals surface area (Å²) in [4.78, 5) is 17.9. The Labute approximate surface area is 230 Å². The molecule has 0 amide bonds. The molecular weight excluding hydrogens is 608 g/mol. The highest BCUT2D eigenvalue weighted by Gasteiger charge is 2.13. The zero-order chi connectivity index (χ0) is 25.7. The van der Waals surface area contributed by atoms with Crippen LogP contribution in [0.3, 0.4) is 0 Å². The number of unbranched alkanes of at least 4 members (excludes halogenated alkanes) is 1. The van der Waals surface area contributed by atoms with Crippen LogP contribution >= 0.6 is 43.5 Å². The summed E-state index contributed by atoms with van der Waals surface area (Å²) in [6, 6.07) is 18.4. The summed E-state index contributed by atoms with van der Waals surface area (Å²) < 4.78 is 8.70. The van der Waals surface area contributed by atoms with Gasteiger partial charge in [-0.3, -0.25) is 4.79 Å². The van der Waals surface area contributed by atoms with E-state index in [0.29, 0.717) is 49.5 Å². The van der Waals surface area contributed by atoms with E-state index in [4.69, 9.17) is 21.3 Å². The van der Waals surface area contributed by atoms with E-state index in [-0.39, 0.29) is 12.2 Å². The number of aryl methyl sites for hydroxylation is 1. The van der Waals surface area contributed by atoms with Gasteiger partial charge in [-0.25, -0.2) is 4.98 Å². The van der Waals surface area contributed by atoms with Crippen molar-refractivity contribution in [3.05, 3.63) is 101 Å². The molecule has 1 heterocycles. The molecular formula is C27H21Br2ClN4O2. The summed E-state index contributed by atoms with van der Waals surface area (Å²) in [7, 11) is 0. The van der Waals surface area contributed by atoms with Crippen LogP contribution < -0.4 is 10.3 Å². The molecule has 3 aromatic carbocycles. The van der Waals surface area contributed by atoms with Crippen LogP contribution in [0, 0.1) is 11.3 Å². The standard InChI is InChI=1S/C27H21Br2ClN4O2/c1-2-3-8-25-33-24-10-9-20(28)13-21(24)27(35)34(25)32-15-17-11-22(29)26(23(30)12-17)36-16-19-7-5-4-6-18(19)14-31/h4-7,9-13,15H,2-3,8,16H2,1H3. The second kappa shape index (κ2) is 11.8. The molecule has 0 spiro atoms. The predicted molar refractivity (Wildman–Crippen MR) is 150 cm³/mol. The number of nitrogens with zero attached hydrogens (tertiary/aromatic N) is 4. The van der Waals surface area contributed by atoms with E-state index in [1.807, 2.05) is 36.4 Å². The molecule has 4 rings (SSSR count). The monoisotopic (exact) mass is 626 g/mol. The average molecular weight is 629 g/mol. The first-order valence-electron chi connectivity index (χ1n) is 11.3. The van der Waals surface area contributed by atoms with Gasteiger partial charge in [0.1, 0.15) is 12.4 Å². The zero-order valence-corrected chi connectivity index (χ0v) is 23.3. The summed E-state index contributed by atoms with van der Waals surface area (Å²) in [5.41, 5.74) is 2.41. The maximum absolute atomic E-state index is 13.3. The summed E-state index contributed by atoms with van der Waals surface area (Å²) in [6.07, 6.45) is 4.08. The third-order valence-corrected chi connectivity index (χ3v) is 6.85. The molecule has 0 saturated heterocycles. The quantitative estimate of drug-likeness (QED) is 0.193. The Kier molecular flexibility index (Phi) is 8.57. The van der Waals surface area contributed by atoms with E-state index in [1.54, 1.807) is 24.4 Å². The van der Waals surface area contributed by atoms with Crippen molar-refractivity contribution >= 4 is 60.6 Å². The number of halogens is 3. The molecule has 0 aliphatic rings. The van der Waals surface area contributed by atoms with Crippen molar-refractivity contribution in [3.8, 4) is 11.8 Å². The van der Waals surface area contributed by atoms with Crippen molar-refractivity contribution in [1.29, 1.82) is 5.26 Å². The van der Waals surface area contributed by atoms with Gasteiger partial charge in [0.2, 0.25) is 0 Å². The van der Waals surface area contributed by atoms with Crippen molar-refractivity contribution in [2.45, 2.75) is 32.8 Å². The molecule has 4 aromatic rings. The van der Waals surface area contributed by atoms with Gasteiger partial charge >= 0.3 is 0 Å². The summed E-state index contributed by atoms with van der Waals surface area (Å²) >= 11 is 13.5. The highest BCUT2D eigenvalue weighted by molar-refractivity contribution is 9.10. The molecule has 0 aliphatic carbocycles. The van der Waals surface area contributed by atoms with Crippen LogP contribution in [0.25, 0.3) is 10.9 Å². The second-order valence-corrected chi connectivity index (χ2v) is 10.2. The Bertz CT molecular complexity index is 1540. The first-order chi connectivity index (χ1) is 17.4.